The highest BCUT2D eigenvalue weighted by Crippen LogP contribution is 2.24. The molecule has 156 valence electrons. The van der Waals surface area contributed by atoms with E-state index in [0.717, 1.165) is 22.0 Å². The molecule has 1 heterocycles. The fraction of sp³-hybridized carbons (Fsp3) is 0.154. The summed E-state index contributed by atoms with van der Waals surface area (Å²) in [4.78, 5) is 31.0. The maximum Gasteiger partial charge on any atom is 0.258 e. The van der Waals surface area contributed by atoms with E-state index in [1.165, 1.54) is 0 Å². The molecule has 0 aliphatic carbocycles. The summed E-state index contributed by atoms with van der Waals surface area (Å²) in [5.74, 6) is 0.540. The van der Waals surface area contributed by atoms with Crippen LogP contribution in [0.4, 0.5) is 5.69 Å². The minimum atomic E-state index is -0.196. The number of hydrogen-bond donors (Lipinski definition) is 1. The van der Waals surface area contributed by atoms with Gasteiger partial charge in [-0.1, -0.05) is 36.4 Å². The molecule has 0 fully saturated rings. The number of nitrogens with zero attached hydrogens (tertiary/aromatic N) is 1. The molecule has 0 atom stereocenters. The van der Waals surface area contributed by atoms with Gasteiger partial charge in [-0.2, -0.15) is 0 Å². The van der Waals surface area contributed by atoms with Crippen LogP contribution in [0, 0.1) is 13.8 Å². The molecule has 0 unspecified atom stereocenters. The molecule has 4 aromatic rings. The third-order valence-electron chi connectivity index (χ3n) is 5.50. The Kier molecular flexibility index (Phi) is 5.58. The highest BCUT2D eigenvalue weighted by Gasteiger charge is 2.21. The van der Waals surface area contributed by atoms with Crippen molar-refractivity contribution in [3.8, 4) is 5.75 Å². The van der Waals surface area contributed by atoms with Gasteiger partial charge in [-0.3, -0.25) is 9.59 Å². The van der Waals surface area contributed by atoms with Crippen molar-refractivity contribution < 1.29 is 9.53 Å². The van der Waals surface area contributed by atoms with Crippen LogP contribution < -0.4 is 15.2 Å². The van der Waals surface area contributed by atoms with E-state index in [2.05, 4.69) is 4.98 Å². The molecule has 1 amide bonds. The number of aromatic amines is 1. The Balaban J connectivity index is 1.80. The van der Waals surface area contributed by atoms with Gasteiger partial charge in [-0.25, -0.2) is 0 Å². The molecule has 1 aromatic heterocycles. The van der Waals surface area contributed by atoms with Crippen molar-refractivity contribution in [2.75, 3.05) is 12.0 Å². The van der Waals surface area contributed by atoms with Gasteiger partial charge in [-0.05, 0) is 66.8 Å². The van der Waals surface area contributed by atoms with E-state index in [1.54, 1.807) is 24.1 Å². The first kappa shape index (κ1) is 20.4. The van der Waals surface area contributed by atoms with Crippen LogP contribution >= 0.6 is 0 Å². The van der Waals surface area contributed by atoms with E-state index in [9.17, 15) is 9.59 Å². The van der Waals surface area contributed by atoms with Crippen molar-refractivity contribution in [3.05, 3.63) is 105 Å². The summed E-state index contributed by atoms with van der Waals surface area (Å²) >= 11 is 0. The molecule has 5 heteroatoms. The van der Waals surface area contributed by atoms with Crippen molar-refractivity contribution in [3.63, 3.8) is 0 Å². The summed E-state index contributed by atoms with van der Waals surface area (Å²) in [6, 6.07) is 22.5. The number of amides is 1. The van der Waals surface area contributed by atoms with Crippen LogP contribution in [0.2, 0.25) is 0 Å². The van der Waals surface area contributed by atoms with E-state index in [0.29, 0.717) is 22.6 Å². The number of nitrogens with one attached hydrogen (secondary N) is 1. The predicted molar refractivity (Wildman–Crippen MR) is 124 cm³/mol. The summed E-state index contributed by atoms with van der Waals surface area (Å²) in [5.41, 5.74) is 4.33. The number of para-hydroxylation sites is 1. The Bertz CT molecular complexity index is 1310. The summed E-state index contributed by atoms with van der Waals surface area (Å²) in [7, 11) is 1.60. The van der Waals surface area contributed by atoms with Gasteiger partial charge in [0.2, 0.25) is 0 Å². The first-order chi connectivity index (χ1) is 15.0. The average Bonchev–Trinajstić information content (AvgIpc) is 2.78. The van der Waals surface area contributed by atoms with E-state index < -0.39 is 0 Å². The lowest BCUT2D eigenvalue weighted by atomic mass is 10.1. The molecule has 0 aliphatic rings. The number of hydrogen-bond acceptors (Lipinski definition) is 3. The number of fused-ring (bicyclic) bond motifs is 1. The first-order valence-corrected chi connectivity index (χ1v) is 10.1. The van der Waals surface area contributed by atoms with Crippen LogP contribution in [0.5, 0.6) is 5.75 Å². The molecular weight excluding hydrogens is 388 g/mol. The van der Waals surface area contributed by atoms with E-state index in [-0.39, 0.29) is 18.0 Å². The summed E-state index contributed by atoms with van der Waals surface area (Å²) in [5, 5.41) is 0.938. The van der Waals surface area contributed by atoms with Gasteiger partial charge in [0.15, 0.2) is 0 Å². The fourth-order valence-corrected chi connectivity index (χ4v) is 3.72. The molecule has 0 spiro atoms. The monoisotopic (exact) mass is 412 g/mol. The van der Waals surface area contributed by atoms with Crippen LogP contribution in [0.15, 0.2) is 77.6 Å². The van der Waals surface area contributed by atoms with Crippen molar-refractivity contribution in [1.29, 1.82) is 0 Å². The van der Waals surface area contributed by atoms with Gasteiger partial charge in [0, 0.05) is 16.8 Å². The van der Waals surface area contributed by atoms with Gasteiger partial charge < -0.3 is 14.6 Å². The number of anilines is 1. The molecule has 1 N–H and O–H groups in total. The minimum absolute atomic E-state index is 0.151. The Morgan fingerprint density at radius 1 is 0.935 bits per heavy atom. The molecule has 0 bridgehead atoms. The number of benzene rings is 3. The maximum atomic E-state index is 13.5. The minimum Gasteiger partial charge on any atom is -0.497 e. The van der Waals surface area contributed by atoms with Gasteiger partial charge in [0.05, 0.1) is 19.2 Å². The van der Waals surface area contributed by atoms with Crippen LogP contribution in [0.3, 0.4) is 0 Å². The molecule has 5 nitrogen and oxygen atoms in total. The summed E-state index contributed by atoms with van der Waals surface area (Å²) < 4.78 is 5.25. The van der Waals surface area contributed by atoms with Crippen molar-refractivity contribution in [2.24, 2.45) is 0 Å². The zero-order valence-corrected chi connectivity index (χ0v) is 17.8. The number of methoxy groups -OCH3 is 1. The molecule has 0 radical (unpaired) electrons. The van der Waals surface area contributed by atoms with E-state index in [1.807, 2.05) is 74.5 Å². The molecular formula is C26H24N2O3. The SMILES string of the molecule is COc1ccc(N(Cc2cc3cccc(C)c3[nH]c2=O)C(=O)c2ccccc2C)cc1. The maximum absolute atomic E-state index is 13.5. The molecule has 0 saturated heterocycles. The Labute approximate surface area is 180 Å². The number of carbonyl (C=O) groups excluding carboxylic acids is 1. The van der Waals surface area contributed by atoms with Crippen LogP contribution in [-0.4, -0.2) is 18.0 Å². The Morgan fingerprint density at radius 2 is 1.65 bits per heavy atom. The van der Waals surface area contributed by atoms with E-state index >= 15 is 0 Å². The second-order valence-electron chi connectivity index (χ2n) is 7.57. The fourth-order valence-electron chi connectivity index (χ4n) is 3.72. The first-order valence-electron chi connectivity index (χ1n) is 10.1. The van der Waals surface area contributed by atoms with Crippen molar-refractivity contribution in [1.82, 2.24) is 4.98 Å². The number of aryl methyl sites for hydroxylation is 2. The quantitative estimate of drug-likeness (QED) is 0.502. The second-order valence-corrected chi connectivity index (χ2v) is 7.57. The van der Waals surface area contributed by atoms with Crippen LogP contribution in [0.25, 0.3) is 10.9 Å². The molecule has 3 aromatic carbocycles. The average molecular weight is 412 g/mol. The van der Waals surface area contributed by atoms with Crippen LogP contribution in [0.1, 0.15) is 27.0 Å². The smallest absolute Gasteiger partial charge is 0.258 e. The standard InChI is InChI=1S/C26H24N2O3/c1-17-7-4-5-10-23(17)26(30)28(21-11-13-22(31-3)14-12-21)16-20-15-19-9-6-8-18(2)24(19)27-25(20)29/h4-15H,16H2,1-3H3,(H,27,29). The lowest BCUT2D eigenvalue weighted by Gasteiger charge is -2.24. The zero-order valence-electron chi connectivity index (χ0n) is 17.8. The number of ether oxygens (including phenoxy) is 1. The number of H-pyrrole nitrogens is 1. The van der Waals surface area contributed by atoms with Gasteiger partial charge >= 0.3 is 0 Å². The molecule has 31 heavy (non-hydrogen) atoms. The highest BCUT2D eigenvalue weighted by atomic mass is 16.5. The van der Waals surface area contributed by atoms with Gasteiger partial charge in [0.25, 0.3) is 11.5 Å². The molecule has 0 saturated carbocycles. The van der Waals surface area contributed by atoms with Gasteiger partial charge in [0.1, 0.15) is 5.75 Å². The number of rotatable bonds is 5. The number of pyridine rings is 1. The lowest BCUT2D eigenvalue weighted by Crippen LogP contribution is -2.33. The lowest BCUT2D eigenvalue weighted by molar-refractivity contribution is 0.0984. The third kappa shape index (κ3) is 4.08. The third-order valence-corrected chi connectivity index (χ3v) is 5.50. The van der Waals surface area contributed by atoms with Crippen LogP contribution in [-0.2, 0) is 6.54 Å². The largest absolute Gasteiger partial charge is 0.497 e. The second kappa shape index (κ2) is 8.48. The summed E-state index contributed by atoms with van der Waals surface area (Å²) in [6.45, 7) is 4.02. The molecule has 0 aliphatic heterocycles. The van der Waals surface area contributed by atoms with Crippen molar-refractivity contribution in [2.45, 2.75) is 20.4 Å². The summed E-state index contributed by atoms with van der Waals surface area (Å²) in [6.07, 6.45) is 0. The van der Waals surface area contributed by atoms with Crippen molar-refractivity contribution >= 4 is 22.5 Å². The van der Waals surface area contributed by atoms with Gasteiger partial charge in [-0.15, -0.1) is 0 Å². The molecule has 4 rings (SSSR count). The number of aromatic nitrogens is 1. The predicted octanol–water partition coefficient (Wildman–Crippen LogP) is 5.00. The number of carbonyl (C=O) groups is 1. The Morgan fingerprint density at radius 3 is 2.35 bits per heavy atom. The zero-order chi connectivity index (χ0) is 22.0. The highest BCUT2D eigenvalue weighted by molar-refractivity contribution is 6.07. The van der Waals surface area contributed by atoms with E-state index in [4.69, 9.17) is 4.74 Å². The Hall–Kier alpha value is -3.86. The topological polar surface area (TPSA) is 62.4 Å². The normalized spacial score (nSPS) is 10.8.